The van der Waals surface area contributed by atoms with E-state index in [1.165, 1.54) is 0 Å². The third kappa shape index (κ3) is 2.80. The van der Waals surface area contributed by atoms with Crippen molar-refractivity contribution in [3.63, 3.8) is 0 Å². The lowest BCUT2D eigenvalue weighted by molar-refractivity contribution is -0.143. The average Bonchev–Trinajstić information content (AvgIpc) is 2.32. The van der Waals surface area contributed by atoms with Gasteiger partial charge < -0.3 is 14.9 Å². The fourth-order valence-corrected chi connectivity index (χ4v) is 1.92. The van der Waals surface area contributed by atoms with Gasteiger partial charge in [0, 0.05) is 20.1 Å². The molecular formula is C13H16N2O3. The highest BCUT2D eigenvalue weighted by Crippen LogP contribution is 2.13. The quantitative estimate of drug-likeness (QED) is 0.815. The summed E-state index contributed by atoms with van der Waals surface area (Å²) in [5.41, 5.74) is 0.756. The second-order valence-electron chi connectivity index (χ2n) is 4.48. The number of carbonyl (C=O) groups is 2. The van der Waals surface area contributed by atoms with Crippen molar-refractivity contribution in [2.24, 2.45) is 0 Å². The van der Waals surface area contributed by atoms with E-state index in [-0.39, 0.29) is 30.5 Å². The zero-order valence-corrected chi connectivity index (χ0v) is 10.3. The van der Waals surface area contributed by atoms with Gasteiger partial charge in [-0.25, -0.2) is 0 Å². The first-order valence-electron chi connectivity index (χ1n) is 5.86. The molecule has 0 saturated carbocycles. The minimum Gasteiger partial charge on any atom is -0.508 e. The first kappa shape index (κ1) is 12.4. The zero-order chi connectivity index (χ0) is 13.1. The van der Waals surface area contributed by atoms with E-state index in [0.29, 0.717) is 13.1 Å². The van der Waals surface area contributed by atoms with Crippen LogP contribution in [-0.2, 0) is 16.0 Å². The molecular weight excluding hydrogens is 232 g/mol. The van der Waals surface area contributed by atoms with Crippen LogP contribution in [0.4, 0.5) is 0 Å². The van der Waals surface area contributed by atoms with Gasteiger partial charge in [0.25, 0.3) is 0 Å². The first-order chi connectivity index (χ1) is 8.56. The number of hydrogen-bond donors (Lipinski definition) is 1. The van der Waals surface area contributed by atoms with Crippen LogP contribution in [0.25, 0.3) is 0 Å². The number of hydrogen-bond acceptors (Lipinski definition) is 3. The summed E-state index contributed by atoms with van der Waals surface area (Å²) in [4.78, 5) is 26.7. The predicted octanol–water partition coefficient (Wildman–Crippen LogP) is 0.235. The van der Waals surface area contributed by atoms with Crippen LogP contribution in [0.3, 0.4) is 0 Å². The molecule has 1 saturated heterocycles. The molecule has 0 spiro atoms. The highest BCUT2D eigenvalue weighted by atomic mass is 16.3. The van der Waals surface area contributed by atoms with Crippen molar-refractivity contribution in [3.8, 4) is 5.75 Å². The SMILES string of the molecule is CN1CCN(C(=O)Cc2cccc(O)c2)CC1=O. The van der Waals surface area contributed by atoms with Gasteiger partial charge in [0.1, 0.15) is 5.75 Å². The van der Waals surface area contributed by atoms with E-state index in [2.05, 4.69) is 0 Å². The summed E-state index contributed by atoms with van der Waals surface area (Å²) in [6.45, 7) is 1.29. The Bertz CT molecular complexity index is 473. The highest BCUT2D eigenvalue weighted by Gasteiger charge is 2.24. The topological polar surface area (TPSA) is 60.9 Å². The summed E-state index contributed by atoms with van der Waals surface area (Å²) in [7, 11) is 1.74. The van der Waals surface area contributed by atoms with Crippen LogP contribution < -0.4 is 0 Å². The number of likely N-dealkylation sites (N-methyl/N-ethyl adjacent to an activating group) is 1. The lowest BCUT2D eigenvalue weighted by Crippen LogP contribution is -2.51. The monoisotopic (exact) mass is 248 g/mol. The second-order valence-corrected chi connectivity index (χ2v) is 4.48. The Morgan fingerprint density at radius 3 is 2.83 bits per heavy atom. The lowest BCUT2D eigenvalue weighted by atomic mass is 10.1. The van der Waals surface area contributed by atoms with Gasteiger partial charge in [-0.1, -0.05) is 12.1 Å². The summed E-state index contributed by atoms with van der Waals surface area (Å²) < 4.78 is 0. The maximum absolute atomic E-state index is 12.0. The summed E-state index contributed by atoms with van der Waals surface area (Å²) in [5.74, 6) is 0.0299. The smallest absolute Gasteiger partial charge is 0.241 e. The van der Waals surface area contributed by atoms with Crippen molar-refractivity contribution < 1.29 is 14.7 Å². The van der Waals surface area contributed by atoms with Gasteiger partial charge in [0.05, 0.1) is 13.0 Å². The predicted molar refractivity (Wildman–Crippen MR) is 66.0 cm³/mol. The van der Waals surface area contributed by atoms with Crippen LogP contribution >= 0.6 is 0 Å². The van der Waals surface area contributed by atoms with Gasteiger partial charge in [-0.15, -0.1) is 0 Å². The molecule has 1 aromatic carbocycles. The molecule has 2 amide bonds. The molecule has 1 heterocycles. The van der Waals surface area contributed by atoms with E-state index in [4.69, 9.17) is 0 Å². The highest BCUT2D eigenvalue weighted by molar-refractivity contribution is 5.86. The van der Waals surface area contributed by atoms with Gasteiger partial charge >= 0.3 is 0 Å². The summed E-state index contributed by atoms with van der Waals surface area (Å²) >= 11 is 0. The van der Waals surface area contributed by atoms with E-state index in [1.54, 1.807) is 41.1 Å². The van der Waals surface area contributed by atoms with Crippen molar-refractivity contribution in [1.29, 1.82) is 0 Å². The normalized spacial score (nSPS) is 15.9. The van der Waals surface area contributed by atoms with Crippen LogP contribution in [0.1, 0.15) is 5.56 Å². The Hall–Kier alpha value is -2.04. The number of nitrogens with zero attached hydrogens (tertiary/aromatic N) is 2. The third-order valence-electron chi connectivity index (χ3n) is 3.08. The molecule has 18 heavy (non-hydrogen) atoms. The third-order valence-corrected chi connectivity index (χ3v) is 3.08. The Morgan fingerprint density at radius 1 is 1.39 bits per heavy atom. The van der Waals surface area contributed by atoms with E-state index in [9.17, 15) is 14.7 Å². The Morgan fingerprint density at radius 2 is 2.17 bits per heavy atom. The molecule has 0 bridgehead atoms. The minimum absolute atomic E-state index is 0.0366. The molecule has 96 valence electrons. The van der Waals surface area contributed by atoms with Gasteiger partial charge in [-0.2, -0.15) is 0 Å². The van der Waals surface area contributed by atoms with Crippen molar-refractivity contribution in [3.05, 3.63) is 29.8 Å². The maximum Gasteiger partial charge on any atom is 0.241 e. The van der Waals surface area contributed by atoms with Crippen LogP contribution in [0, 0.1) is 0 Å². The standard InChI is InChI=1S/C13H16N2O3/c1-14-5-6-15(9-13(14)18)12(17)8-10-3-2-4-11(16)7-10/h2-4,7,16H,5-6,8-9H2,1H3. The fourth-order valence-electron chi connectivity index (χ4n) is 1.92. The fraction of sp³-hybridized carbons (Fsp3) is 0.385. The number of aromatic hydroxyl groups is 1. The maximum atomic E-state index is 12.0. The number of phenols is 1. The number of carbonyl (C=O) groups excluding carboxylic acids is 2. The molecule has 5 heteroatoms. The second kappa shape index (κ2) is 5.08. The summed E-state index contributed by atoms with van der Waals surface area (Å²) in [6, 6.07) is 6.62. The van der Waals surface area contributed by atoms with Crippen LogP contribution in [0.5, 0.6) is 5.75 Å². The van der Waals surface area contributed by atoms with Crippen LogP contribution in [0.15, 0.2) is 24.3 Å². The first-order valence-corrected chi connectivity index (χ1v) is 5.86. The molecule has 0 aromatic heterocycles. The number of phenolic OH excluding ortho intramolecular Hbond substituents is 1. The molecule has 5 nitrogen and oxygen atoms in total. The average molecular weight is 248 g/mol. The Labute approximate surface area is 106 Å². The molecule has 1 aliphatic rings. The Balaban J connectivity index is 1.98. The molecule has 2 rings (SSSR count). The van der Waals surface area contributed by atoms with Crippen LogP contribution in [0.2, 0.25) is 0 Å². The molecule has 1 N–H and O–H groups in total. The minimum atomic E-state index is -0.0814. The van der Waals surface area contributed by atoms with Gasteiger partial charge in [-0.3, -0.25) is 9.59 Å². The van der Waals surface area contributed by atoms with Gasteiger partial charge in [0.15, 0.2) is 0 Å². The lowest BCUT2D eigenvalue weighted by Gasteiger charge is -2.32. The molecule has 0 unspecified atom stereocenters. The molecule has 1 fully saturated rings. The van der Waals surface area contributed by atoms with Gasteiger partial charge in [0.2, 0.25) is 11.8 Å². The van der Waals surface area contributed by atoms with Crippen LogP contribution in [-0.4, -0.2) is 53.4 Å². The van der Waals surface area contributed by atoms with E-state index in [0.717, 1.165) is 5.56 Å². The number of benzene rings is 1. The van der Waals surface area contributed by atoms with Crippen molar-refractivity contribution in [2.45, 2.75) is 6.42 Å². The molecule has 0 aliphatic carbocycles. The van der Waals surface area contributed by atoms with E-state index < -0.39 is 0 Å². The largest absolute Gasteiger partial charge is 0.508 e. The molecule has 0 radical (unpaired) electrons. The molecule has 1 aromatic rings. The molecule has 0 atom stereocenters. The number of amides is 2. The summed E-state index contributed by atoms with van der Waals surface area (Å²) in [5, 5.41) is 9.33. The zero-order valence-electron chi connectivity index (χ0n) is 10.3. The summed E-state index contributed by atoms with van der Waals surface area (Å²) in [6.07, 6.45) is 0.214. The molecule has 1 aliphatic heterocycles. The van der Waals surface area contributed by atoms with E-state index in [1.807, 2.05) is 0 Å². The van der Waals surface area contributed by atoms with Crippen molar-refractivity contribution >= 4 is 11.8 Å². The van der Waals surface area contributed by atoms with Crippen molar-refractivity contribution in [1.82, 2.24) is 9.80 Å². The van der Waals surface area contributed by atoms with Gasteiger partial charge in [-0.05, 0) is 17.7 Å². The van der Waals surface area contributed by atoms with E-state index >= 15 is 0 Å². The number of piperazine rings is 1. The Kier molecular flexibility index (Phi) is 3.50. The number of rotatable bonds is 2. The van der Waals surface area contributed by atoms with Crippen molar-refractivity contribution in [2.75, 3.05) is 26.7 Å².